The second kappa shape index (κ2) is 6.43. The molecule has 3 nitrogen and oxygen atoms in total. The summed E-state index contributed by atoms with van der Waals surface area (Å²) in [7, 11) is 0. The summed E-state index contributed by atoms with van der Waals surface area (Å²) in [6.45, 7) is 2.06. The third-order valence-corrected chi connectivity index (χ3v) is 3.52. The lowest BCUT2D eigenvalue weighted by Gasteiger charge is -2.11. The smallest absolute Gasteiger partial charge is 0.316 e. The van der Waals surface area contributed by atoms with Crippen molar-refractivity contribution in [1.82, 2.24) is 0 Å². The predicted octanol–water partition coefficient (Wildman–Crippen LogP) is 3.00. The second-order valence-corrected chi connectivity index (χ2v) is 4.93. The molecule has 88 valence electrons. The quantitative estimate of drug-likeness (QED) is 0.591. The number of nitrogen functional groups attached to an aromatic ring is 1. The van der Waals surface area contributed by atoms with Crippen molar-refractivity contribution in [3.63, 3.8) is 0 Å². The zero-order valence-corrected chi connectivity index (χ0v) is 10.2. The molecule has 0 spiro atoms. The molecule has 1 rings (SSSR count). The Morgan fingerprint density at radius 1 is 1.44 bits per heavy atom. The molecule has 0 saturated heterocycles. The molecule has 1 unspecified atom stereocenters. The van der Waals surface area contributed by atoms with Crippen molar-refractivity contribution >= 4 is 23.4 Å². The van der Waals surface area contributed by atoms with Crippen LogP contribution in [0.2, 0.25) is 0 Å². The molecule has 0 bridgehead atoms. The Kier molecular flexibility index (Phi) is 5.19. The minimum Gasteiger partial charge on any atom is -0.480 e. The highest BCUT2D eigenvalue weighted by Gasteiger charge is 2.17. The summed E-state index contributed by atoms with van der Waals surface area (Å²) in [5, 5.41) is 8.71. The number of carboxylic acid groups (broad SMARTS) is 1. The van der Waals surface area contributed by atoms with Gasteiger partial charge >= 0.3 is 5.97 Å². The Labute approximate surface area is 100 Å². The molecule has 0 aliphatic heterocycles. The fourth-order valence-corrected chi connectivity index (χ4v) is 2.34. The number of rotatable bonds is 6. The maximum absolute atomic E-state index is 11.0. The van der Waals surface area contributed by atoms with Gasteiger partial charge in [0.25, 0.3) is 0 Å². The zero-order valence-electron chi connectivity index (χ0n) is 9.35. The highest BCUT2D eigenvalue weighted by atomic mass is 32.2. The number of anilines is 1. The van der Waals surface area contributed by atoms with Gasteiger partial charge in [0.1, 0.15) is 5.25 Å². The first-order valence-electron chi connectivity index (χ1n) is 5.38. The normalized spacial score (nSPS) is 12.3. The summed E-state index contributed by atoms with van der Waals surface area (Å²) in [5.41, 5.74) is 6.27. The first-order chi connectivity index (χ1) is 7.63. The van der Waals surface area contributed by atoms with Crippen molar-refractivity contribution < 1.29 is 9.90 Å². The van der Waals surface area contributed by atoms with Crippen LogP contribution in [0.1, 0.15) is 26.2 Å². The number of nitrogens with two attached hydrogens (primary N) is 1. The molecule has 0 aliphatic carbocycles. The zero-order chi connectivity index (χ0) is 12.0. The van der Waals surface area contributed by atoms with Gasteiger partial charge in [-0.25, -0.2) is 0 Å². The monoisotopic (exact) mass is 239 g/mol. The van der Waals surface area contributed by atoms with Gasteiger partial charge in [-0.3, -0.25) is 4.79 Å². The lowest BCUT2D eigenvalue weighted by Crippen LogP contribution is -2.15. The first kappa shape index (κ1) is 12.9. The molecule has 4 heteroatoms. The minimum atomic E-state index is -0.740. The Balaban J connectivity index is 2.60. The van der Waals surface area contributed by atoms with Crippen LogP contribution in [0.25, 0.3) is 0 Å². The maximum atomic E-state index is 11.0. The largest absolute Gasteiger partial charge is 0.480 e. The van der Waals surface area contributed by atoms with Crippen LogP contribution in [0, 0.1) is 0 Å². The first-order valence-corrected chi connectivity index (χ1v) is 6.26. The molecule has 1 atom stereocenters. The molecule has 0 aromatic heterocycles. The van der Waals surface area contributed by atoms with Crippen molar-refractivity contribution in [1.29, 1.82) is 0 Å². The SMILES string of the molecule is CCCCC(Sc1ccc(N)cc1)C(=O)O. The van der Waals surface area contributed by atoms with E-state index < -0.39 is 5.97 Å². The molecular weight excluding hydrogens is 222 g/mol. The van der Waals surface area contributed by atoms with Crippen LogP contribution in [0.15, 0.2) is 29.2 Å². The third kappa shape index (κ3) is 4.14. The molecular formula is C12H17NO2S. The van der Waals surface area contributed by atoms with Crippen LogP contribution in [0.4, 0.5) is 5.69 Å². The standard InChI is InChI=1S/C12H17NO2S/c1-2-3-4-11(12(14)15)16-10-7-5-9(13)6-8-10/h5-8,11H,2-4,13H2,1H3,(H,14,15). The van der Waals surface area contributed by atoms with E-state index in [4.69, 9.17) is 10.8 Å². The number of unbranched alkanes of at least 4 members (excludes halogenated alkanes) is 1. The molecule has 3 N–H and O–H groups in total. The summed E-state index contributed by atoms with van der Waals surface area (Å²) in [4.78, 5) is 12.0. The van der Waals surface area contributed by atoms with E-state index in [9.17, 15) is 4.79 Å². The van der Waals surface area contributed by atoms with E-state index in [0.29, 0.717) is 12.1 Å². The van der Waals surface area contributed by atoms with Crippen molar-refractivity contribution in [2.75, 3.05) is 5.73 Å². The van der Waals surface area contributed by atoms with E-state index in [1.54, 1.807) is 12.1 Å². The molecule has 0 radical (unpaired) electrons. The topological polar surface area (TPSA) is 63.3 Å². The maximum Gasteiger partial charge on any atom is 0.316 e. The van der Waals surface area contributed by atoms with Gasteiger partial charge < -0.3 is 10.8 Å². The minimum absolute atomic E-state index is 0.358. The van der Waals surface area contributed by atoms with Crippen LogP contribution in [-0.2, 0) is 4.79 Å². The molecule has 1 aromatic carbocycles. The van der Waals surface area contributed by atoms with Crippen LogP contribution in [-0.4, -0.2) is 16.3 Å². The number of aliphatic carboxylic acids is 1. The molecule has 16 heavy (non-hydrogen) atoms. The summed E-state index contributed by atoms with van der Waals surface area (Å²) in [5.74, 6) is -0.740. The summed E-state index contributed by atoms with van der Waals surface area (Å²) >= 11 is 1.39. The highest BCUT2D eigenvalue weighted by molar-refractivity contribution is 8.00. The fraction of sp³-hybridized carbons (Fsp3) is 0.417. The van der Waals surface area contributed by atoms with Gasteiger partial charge in [-0.05, 0) is 30.7 Å². The molecule has 0 saturated carbocycles. The van der Waals surface area contributed by atoms with Crippen LogP contribution < -0.4 is 5.73 Å². The van der Waals surface area contributed by atoms with E-state index in [0.717, 1.165) is 17.7 Å². The molecule has 0 heterocycles. The van der Waals surface area contributed by atoms with E-state index in [-0.39, 0.29) is 5.25 Å². The lowest BCUT2D eigenvalue weighted by atomic mass is 10.2. The van der Waals surface area contributed by atoms with Crippen molar-refractivity contribution in [3.8, 4) is 0 Å². The number of carbonyl (C=O) groups is 1. The molecule has 0 amide bonds. The van der Waals surface area contributed by atoms with Crippen LogP contribution >= 0.6 is 11.8 Å². The van der Waals surface area contributed by atoms with Gasteiger partial charge in [-0.1, -0.05) is 19.8 Å². The van der Waals surface area contributed by atoms with Crippen molar-refractivity contribution in [2.45, 2.75) is 36.3 Å². The Hall–Kier alpha value is -1.16. The van der Waals surface area contributed by atoms with E-state index >= 15 is 0 Å². The predicted molar refractivity (Wildman–Crippen MR) is 67.7 cm³/mol. The average Bonchev–Trinajstić information content (AvgIpc) is 2.26. The van der Waals surface area contributed by atoms with E-state index in [1.165, 1.54) is 11.8 Å². The van der Waals surface area contributed by atoms with E-state index in [1.807, 2.05) is 12.1 Å². The van der Waals surface area contributed by atoms with Crippen LogP contribution in [0.3, 0.4) is 0 Å². The van der Waals surface area contributed by atoms with E-state index in [2.05, 4.69) is 6.92 Å². The molecule has 0 fully saturated rings. The van der Waals surface area contributed by atoms with Crippen LogP contribution in [0.5, 0.6) is 0 Å². The van der Waals surface area contributed by atoms with Gasteiger partial charge in [0.05, 0.1) is 0 Å². The van der Waals surface area contributed by atoms with Gasteiger partial charge in [-0.2, -0.15) is 0 Å². The summed E-state index contributed by atoms with van der Waals surface area (Å²) < 4.78 is 0. The second-order valence-electron chi connectivity index (χ2n) is 3.66. The Bertz CT molecular complexity index is 337. The summed E-state index contributed by atoms with van der Waals surface area (Å²) in [6, 6.07) is 7.31. The highest BCUT2D eigenvalue weighted by Crippen LogP contribution is 2.27. The van der Waals surface area contributed by atoms with Crippen molar-refractivity contribution in [3.05, 3.63) is 24.3 Å². The average molecular weight is 239 g/mol. The molecule has 0 aliphatic rings. The Morgan fingerprint density at radius 2 is 2.06 bits per heavy atom. The number of thioether (sulfide) groups is 1. The van der Waals surface area contributed by atoms with Gasteiger partial charge in [0.15, 0.2) is 0 Å². The van der Waals surface area contributed by atoms with Gasteiger partial charge in [0, 0.05) is 10.6 Å². The number of benzene rings is 1. The summed E-state index contributed by atoms with van der Waals surface area (Å²) in [6.07, 6.45) is 2.67. The lowest BCUT2D eigenvalue weighted by molar-refractivity contribution is -0.136. The fourth-order valence-electron chi connectivity index (χ4n) is 1.33. The van der Waals surface area contributed by atoms with Crippen molar-refractivity contribution in [2.24, 2.45) is 0 Å². The molecule has 1 aromatic rings. The van der Waals surface area contributed by atoms with Gasteiger partial charge in [0.2, 0.25) is 0 Å². The number of hydrogen-bond donors (Lipinski definition) is 2. The number of hydrogen-bond acceptors (Lipinski definition) is 3. The van der Waals surface area contributed by atoms with Gasteiger partial charge in [-0.15, -0.1) is 11.8 Å². The Morgan fingerprint density at radius 3 is 2.56 bits per heavy atom. The number of carboxylic acids is 1. The third-order valence-electron chi connectivity index (χ3n) is 2.25.